The van der Waals surface area contributed by atoms with Crippen LogP contribution < -0.4 is 4.74 Å². The molecular formula is C15H22O4Si. The van der Waals surface area contributed by atoms with Gasteiger partial charge in [-0.3, -0.25) is 4.79 Å². The first-order valence-electron chi connectivity index (χ1n) is 6.84. The van der Waals surface area contributed by atoms with E-state index in [4.69, 9.17) is 9.16 Å². The highest BCUT2D eigenvalue weighted by Crippen LogP contribution is 2.44. The van der Waals surface area contributed by atoms with E-state index in [1.165, 1.54) is 0 Å². The second kappa shape index (κ2) is 5.31. The molecule has 1 N–H and O–H groups in total. The van der Waals surface area contributed by atoms with E-state index in [0.29, 0.717) is 18.4 Å². The molecule has 1 saturated carbocycles. The van der Waals surface area contributed by atoms with E-state index in [-0.39, 0.29) is 5.78 Å². The number of hydrogen-bond donors (Lipinski definition) is 1. The molecule has 0 radical (unpaired) electrons. The van der Waals surface area contributed by atoms with Crippen LogP contribution in [0.2, 0.25) is 19.6 Å². The Labute approximate surface area is 120 Å². The fourth-order valence-electron chi connectivity index (χ4n) is 2.53. The van der Waals surface area contributed by atoms with Gasteiger partial charge in [0.1, 0.15) is 17.5 Å². The maximum atomic E-state index is 12.1. The van der Waals surface area contributed by atoms with Gasteiger partial charge in [0, 0.05) is 6.42 Å². The number of carbonyl (C=O) groups excluding carboxylic acids is 1. The number of aliphatic hydroxyl groups is 1. The van der Waals surface area contributed by atoms with Crippen LogP contribution in [-0.4, -0.2) is 31.9 Å². The minimum absolute atomic E-state index is 0.00300. The zero-order chi connectivity index (χ0) is 15.0. The van der Waals surface area contributed by atoms with Crippen LogP contribution in [0, 0.1) is 0 Å². The summed E-state index contributed by atoms with van der Waals surface area (Å²) in [5.74, 6) is 0.726. The lowest BCUT2D eigenvalue weighted by molar-refractivity contribution is -0.164. The molecule has 20 heavy (non-hydrogen) atoms. The first-order valence-corrected chi connectivity index (χ1v) is 10.2. The van der Waals surface area contributed by atoms with Gasteiger partial charge in [-0.15, -0.1) is 0 Å². The van der Waals surface area contributed by atoms with Crippen molar-refractivity contribution in [1.82, 2.24) is 0 Å². The molecule has 1 aromatic carbocycles. The highest BCUT2D eigenvalue weighted by molar-refractivity contribution is 6.70. The van der Waals surface area contributed by atoms with Crippen LogP contribution in [0.25, 0.3) is 0 Å². The van der Waals surface area contributed by atoms with Gasteiger partial charge < -0.3 is 14.3 Å². The van der Waals surface area contributed by atoms with Crippen LogP contribution in [0.15, 0.2) is 24.3 Å². The third-order valence-electron chi connectivity index (χ3n) is 3.56. The Morgan fingerprint density at radius 3 is 2.20 bits per heavy atom. The van der Waals surface area contributed by atoms with E-state index in [1.807, 2.05) is 19.6 Å². The van der Waals surface area contributed by atoms with Gasteiger partial charge in [-0.25, -0.2) is 0 Å². The molecule has 1 aliphatic rings. The van der Waals surface area contributed by atoms with Crippen LogP contribution in [-0.2, 0) is 9.22 Å². The Hall–Kier alpha value is -1.17. The quantitative estimate of drug-likeness (QED) is 0.848. The van der Waals surface area contributed by atoms with Gasteiger partial charge in [-0.2, -0.15) is 0 Å². The standard InChI is InChI=1S/C15H22O4Si/c1-18-12-7-5-11(6-8-12)14(17)15(10-9-13(15)16)19-20(2,3)4/h5-8,14,17H,9-10H2,1-4H3. The number of rotatable bonds is 5. The van der Waals surface area contributed by atoms with Gasteiger partial charge in [-0.1, -0.05) is 12.1 Å². The van der Waals surface area contributed by atoms with Crippen molar-refractivity contribution in [1.29, 1.82) is 0 Å². The molecule has 5 heteroatoms. The Kier molecular flexibility index (Phi) is 4.04. The molecule has 0 aliphatic heterocycles. The van der Waals surface area contributed by atoms with E-state index in [9.17, 15) is 9.90 Å². The number of Topliss-reactive ketones (excluding diaryl/α,β-unsaturated/α-hetero) is 1. The summed E-state index contributed by atoms with van der Waals surface area (Å²) in [5.41, 5.74) is -0.351. The third kappa shape index (κ3) is 2.80. The van der Waals surface area contributed by atoms with Gasteiger partial charge in [0.2, 0.25) is 0 Å². The number of methoxy groups -OCH3 is 1. The molecule has 4 nitrogen and oxygen atoms in total. The van der Waals surface area contributed by atoms with Gasteiger partial charge in [0.05, 0.1) is 7.11 Å². The number of ether oxygens (including phenoxy) is 1. The van der Waals surface area contributed by atoms with Crippen LogP contribution in [0.1, 0.15) is 24.5 Å². The van der Waals surface area contributed by atoms with Gasteiger partial charge in [0.25, 0.3) is 0 Å². The number of ketones is 1. The van der Waals surface area contributed by atoms with E-state index in [0.717, 1.165) is 5.75 Å². The Morgan fingerprint density at radius 2 is 1.85 bits per heavy atom. The van der Waals surface area contributed by atoms with E-state index < -0.39 is 20.0 Å². The molecule has 1 aromatic rings. The van der Waals surface area contributed by atoms with Crippen LogP contribution in [0.4, 0.5) is 0 Å². The topological polar surface area (TPSA) is 55.8 Å². The molecule has 0 spiro atoms. The molecule has 0 aromatic heterocycles. The molecule has 1 fully saturated rings. The summed E-state index contributed by atoms with van der Waals surface area (Å²) >= 11 is 0. The molecule has 2 unspecified atom stereocenters. The summed E-state index contributed by atoms with van der Waals surface area (Å²) in [5, 5.41) is 10.6. The number of aliphatic hydroxyl groups excluding tert-OH is 1. The van der Waals surface area contributed by atoms with Gasteiger partial charge >= 0.3 is 0 Å². The molecule has 0 bridgehead atoms. The van der Waals surface area contributed by atoms with Crippen LogP contribution in [0.3, 0.4) is 0 Å². The maximum Gasteiger partial charge on any atom is 0.185 e. The van der Waals surface area contributed by atoms with Crippen molar-refractivity contribution in [3.8, 4) is 5.75 Å². The van der Waals surface area contributed by atoms with E-state index >= 15 is 0 Å². The zero-order valence-electron chi connectivity index (χ0n) is 12.5. The highest BCUT2D eigenvalue weighted by atomic mass is 28.4. The summed E-state index contributed by atoms with van der Waals surface area (Å²) in [6, 6.07) is 7.13. The average molecular weight is 294 g/mol. The number of carbonyl (C=O) groups is 1. The van der Waals surface area contributed by atoms with Crippen molar-refractivity contribution >= 4 is 14.1 Å². The van der Waals surface area contributed by atoms with Crippen molar-refractivity contribution < 1.29 is 19.1 Å². The number of benzene rings is 1. The fraction of sp³-hybridized carbons (Fsp3) is 0.533. The predicted octanol–water partition coefficient (Wildman–Crippen LogP) is 2.68. The fourth-order valence-corrected chi connectivity index (χ4v) is 3.95. The molecular weight excluding hydrogens is 272 g/mol. The molecule has 1 aliphatic carbocycles. The monoisotopic (exact) mass is 294 g/mol. The molecule has 2 rings (SSSR count). The average Bonchev–Trinajstić information content (AvgIpc) is 2.41. The van der Waals surface area contributed by atoms with Gasteiger partial charge in [0.15, 0.2) is 14.1 Å². The second-order valence-electron chi connectivity index (χ2n) is 6.20. The van der Waals surface area contributed by atoms with E-state index in [2.05, 4.69) is 0 Å². The minimum Gasteiger partial charge on any atom is -0.497 e. The lowest BCUT2D eigenvalue weighted by atomic mass is 9.73. The summed E-state index contributed by atoms with van der Waals surface area (Å²) in [7, 11) is -0.329. The van der Waals surface area contributed by atoms with Crippen LogP contribution >= 0.6 is 0 Å². The SMILES string of the molecule is COc1ccc(C(O)C2(O[Si](C)(C)C)CCC2=O)cc1. The molecule has 0 heterocycles. The lowest BCUT2D eigenvalue weighted by Gasteiger charge is -2.47. The highest BCUT2D eigenvalue weighted by Gasteiger charge is 2.54. The molecule has 110 valence electrons. The lowest BCUT2D eigenvalue weighted by Crippen LogP contribution is -2.58. The molecule has 0 saturated heterocycles. The van der Waals surface area contributed by atoms with Crippen molar-refractivity contribution in [3.05, 3.63) is 29.8 Å². The number of hydrogen-bond acceptors (Lipinski definition) is 4. The van der Waals surface area contributed by atoms with Crippen molar-refractivity contribution in [2.45, 2.75) is 44.2 Å². The maximum absolute atomic E-state index is 12.1. The van der Waals surface area contributed by atoms with Crippen molar-refractivity contribution in [3.63, 3.8) is 0 Å². The zero-order valence-corrected chi connectivity index (χ0v) is 13.5. The summed E-state index contributed by atoms with van der Waals surface area (Å²) in [6.45, 7) is 6.09. The van der Waals surface area contributed by atoms with Gasteiger partial charge in [-0.05, 0) is 43.8 Å². The Morgan fingerprint density at radius 1 is 1.25 bits per heavy atom. The first-order chi connectivity index (χ1) is 9.28. The normalized spacial score (nSPS) is 24.1. The largest absolute Gasteiger partial charge is 0.497 e. The molecule has 2 atom stereocenters. The summed E-state index contributed by atoms with van der Waals surface area (Å²) in [4.78, 5) is 12.1. The summed E-state index contributed by atoms with van der Waals surface area (Å²) < 4.78 is 11.2. The smallest absolute Gasteiger partial charge is 0.185 e. The van der Waals surface area contributed by atoms with E-state index in [1.54, 1.807) is 31.4 Å². The first kappa shape index (κ1) is 15.2. The molecule has 0 amide bonds. The summed E-state index contributed by atoms with van der Waals surface area (Å²) in [6.07, 6.45) is 0.155. The second-order valence-corrected chi connectivity index (χ2v) is 10.6. The Bertz CT molecular complexity index is 492. The predicted molar refractivity (Wildman–Crippen MR) is 79.4 cm³/mol. The Balaban J connectivity index is 2.27. The third-order valence-corrected chi connectivity index (χ3v) is 4.53. The van der Waals surface area contributed by atoms with Crippen molar-refractivity contribution in [2.75, 3.05) is 7.11 Å². The minimum atomic E-state index is -1.92. The van der Waals surface area contributed by atoms with Crippen molar-refractivity contribution in [2.24, 2.45) is 0 Å². The van der Waals surface area contributed by atoms with Crippen LogP contribution in [0.5, 0.6) is 5.75 Å².